The molecule has 0 atom stereocenters. The molecule has 0 spiro atoms. The number of esters is 1. The molecule has 5 aromatic rings. The number of nitrogens with two attached hydrogens (primary N) is 2. The lowest BCUT2D eigenvalue weighted by molar-refractivity contribution is 0.0730. The summed E-state index contributed by atoms with van der Waals surface area (Å²) < 4.78 is 17.8. The molecule has 0 saturated carbocycles. The third-order valence-corrected chi connectivity index (χ3v) is 7.02. The van der Waals surface area contributed by atoms with Gasteiger partial charge in [-0.3, -0.25) is 4.79 Å². The van der Waals surface area contributed by atoms with Crippen LogP contribution in [0.2, 0.25) is 5.02 Å². The van der Waals surface area contributed by atoms with Crippen LogP contribution in [-0.4, -0.2) is 38.2 Å². The van der Waals surface area contributed by atoms with Gasteiger partial charge in [-0.15, -0.1) is 24.8 Å². The van der Waals surface area contributed by atoms with E-state index in [1.807, 2.05) is 60.7 Å². The zero-order valence-electron chi connectivity index (χ0n) is 24.3. The summed E-state index contributed by atoms with van der Waals surface area (Å²) in [5.41, 5.74) is 12.1. The van der Waals surface area contributed by atoms with Crippen LogP contribution >= 0.6 is 36.4 Å². The van der Waals surface area contributed by atoms with E-state index in [2.05, 4.69) is 5.32 Å². The Morgan fingerprint density at radius 3 is 2.04 bits per heavy atom. The van der Waals surface area contributed by atoms with Crippen molar-refractivity contribution >= 4 is 75.5 Å². The SMILES string of the molecule is Cl.Cl.NCCCOc1cc2ccccc2cc1C(=O)Nc1ccc(Cl)cc1OC(=O)c1ccc2ccccc2c1OCCCN. The van der Waals surface area contributed by atoms with Gasteiger partial charge in [0.1, 0.15) is 17.1 Å². The highest BCUT2D eigenvalue weighted by atomic mass is 35.5. The minimum absolute atomic E-state index is 0. The van der Waals surface area contributed by atoms with E-state index in [4.69, 9.17) is 37.3 Å². The van der Waals surface area contributed by atoms with Gasteiger partial charge < -0.3 is 31.0 Å². The average Bonchev–Trinajstić information content (AvgIpc) is 3.02. The number of hydrogen-bond donors (Lipinski definition) is 3. The van der Waals surface area contributed by atoms with Gasteiger partial charge in [-0.1, -0.05) is 66.2 Å². The first kappa shape index (κ1) is 35.4. The van der Waals surface area contributed by atoms with Crippen LogP contribution in [0.15, 0.2) is 91.0 Å². The Morgan fingerprint density at radius 1 is 0.689 bits per heavy atom. The molecule has 5 rings (SSSR count). The number of fused-ring (bicyclic) bond motifs is 2. The number of anilines is 1. The zero-order valence-corrected chi connectivity index (χ0v) is 26.7. The fraction of sp³-hybridized carbons (Fsp3) is 0.176. The molecule has 0 aliphatic heterocycles. The van der Waals surface area contributed by atoms with Gasteiger partial charge in [-0.25, -0.2) is 4.79 Å². The van der Waals surface area contributed by atoms with Crippen molar-refractivity contribution in [1.82, 2.24) is 0 Å². The van der Waals surface area contributed by atoms with Crippen molar-refractivity contribution < 1.29 is 23.8 Å². The number of benzene rings is 5. The number of carbonyl (C=O) groups excluding carboxylic acids is 2. The second kappa shape index (κ2) is 16.9. The third kappa shape index (κ3) is 8.57. The van der Waals surface area contributed by atoms with Crippen LogP contribution in [-0.2, 0) is 0 Å². The van der Waals surface area contributed by atoms with Crippen molar-refractivity contribution in [3.8, 4) is 17.2 Å². The maximum atomic E-state index is 13.6. The van der Waals surface area contributed by atoms with Crippen molar-refractivity contribution in [1.29, 1.82) is 0 Å². The predicted molar refractivity (Wildman–Crippen MR) is 185 cm³/mol. The lowest BCUT2D eigenvalue weighted by Crippen LogP contribution is -2.17. The lowest BCUT2D eigenvalue weighted by atomic mass is 10.0. The summed E-state index contributed by atoms with van der Waals surface area (Å²) in [4.78, 5) is 27.2. The summed E-state index contributed by atoms with van der Waals surface area (Å²) >= 11 is 6.28. The number of amides is 1. The van der Waals surface area contributed by atoms with Crippen LogP contribution in [0.5, 0.6) is 17.2 Å². The molecule has 5 N–H and O–H groups in total. The van der Waals surface area contributed by atoms with E-state index in [0.717, 1.165) is 21.5 Å². The first-order valence-electron chi connectivity index (χ1n) is 14.0. The summed E-state index contributed by atoms with van der Waals surface area (Å²) in [6, 6.07) is 27.0. The highest BCUT2D eigenvalue weighted by Crippen LogP contribution is 2.35. The molecule has 5 aromatic carbocycles. The molecule has 0 heterocycles. The van der Waals surface area contributed by atoms with E-state index in [-0.39, 0.29) is 41.8 Å². The quantitative estimate of drug-likeness (QED) is 0.0717. The molecule has 1 amide bonds. The number of ether oxygens (including phenoxy) is 3. The van der Waals surface area contributed by atoms with Crippen molar-refractivity contribution in [2.45, 2.75) is 12.8 Å². The highest BCUT2D eigenvalue weighted by molar-refractivity contribution is 6.31. The zero-order chi connectivity index (χ0) is 30.2. The first-order chi connectivity index (χ1) is 21.0. The maximum absolute atomic E-state index is 13.6. The summed E-state index contributed by atoms with van der Waals surface area (Å²) in [5, 5.41) is 6.69. The summed E-state index contributed by atoms with van der Waals surface area (Å²) in [6.45, 7) is 1.61. The highest BCUT2D eigenvalue weighted by Gasteiger charge is 2.22. The van der Waals surface area contributed by atoms with E-state index in [9.17, 15) is 9.59 Å². The Morgan fingerprint density at radius 2 is 1.33 bits per heavy atom. The Balaban J connectivity index is 0.00000276. The van der Waals surface area contributed by atoms with Gasteiger partial charge in [-0.05, 0) is 72.4 Å². The van der Waals surface area contributed by atoms with E-state index < -0.39 is 11.9 Å². The maximum Gasteiger partial charge on any atom is 0.347 e. The molecule has 0 saturated heterocycles. The third-order valence-electron chi connectivity index (χ3n) is 6.79. The van der Waals surface area contributed by atoms with Gasteiger partial charge >= 0.3 is 5.97 Å². The number of halogens is 3. The van der Waals surface area contributed by atoms with Crippen LogP contribution < -0.4 is 31.0 Å². The number of rotatable bonds is 12. The molecule has 0 radical (unpaired) electrons. The topological polar surface area (TPSA) is 126 Å². The molecule has 45 heavy (non-hydrogen) atoms. The Labute approximate surface area is 278 Å². The van der Waals surface area contributed by atoms with Crippen LogP contribution in [0, 0.1) is 0 Å². The summed E-state index contributed by atoms with van der Waals surface area (Å²) in [7, 11) is 0. The van der Waals surface area contributed by atoms with E-state index in [1.165, 1.54) is 6.07 Å². The molecular weight excluding hydrogens is 637 g/mol. The second-order valence-corrected chi connectivity index (χ2v) is 10.3. The van der Waals surface area contributed by atoms with Gasteiger partial charge in [0.15, 0.2) is 5.75 Å². The van der Waals surface area contributed by atoms with Crippen molar-refractivity contribution in [3.05, 3.63) is 107 Å². The number of nitrogens with one attached hydrogen (secondary N) is 1. The Kier molecular flexibility index (Phi) is 13.3. The normalized spacial score (nSPS) is 10.5. The minimum atomic E-state index is -0.664. The van der Waals surface area contributed by atoms with E-state index >= 15 is 0 Å². The average molecular weight is 671 g/mol. The molecule has 0 aliphatic rings. The largest absolute Gasteiger partial charge is 0.493 e. The Hall–Kier alpha value is -4.05. The molecule has 0 aromatic heterocycles. The number of hydrogen-bond acceptors (Lipinski definition) is 7. The lowest BCUT2D eigenvalue weighted by Gasteiger charge is -2.16. The van der Waals surface area contributed by atoms with Gasteiger partial charge in [-0.2, -0.15) is 0 Å². The standard InChI is InChI=1S/C34H32ClN3O5.2ClH/c35-25-12-14-29(38-33(39)28-19-23-8-1-2-9-24(23)20-30(28)41-17-5-15-36)31(21-25)43-34(40)27-13-11-22-7-3-4-10-26(22)32(27)42-18-6-16-37;;/h1-4,7-14,19-21H,5-6,15-18,36-37H2,(H,38,39);2*1H. The molecular formula is C34H34Cl3N3O5. The molecule has 236 valence electrons. The fourth-order valence-corrected chi connectivity index (χ4v) is 4.79. The molecule has 11 heteroatoms. The molecule has 0 fully saturated rings. The van der Waals surface area contributed by atoms with Crippen molar-refractivity contribution in [2.75, 3.05) is 31.6 Å². The fourth-order valence-electron chi connectivity index (χ4n) is 4.63. The van der Waals surface area contributed by atoms with E-state index in [1.54, 1.807) is 24.3 Å². The second-order valence-electron chi connectivity index (χ2n) is 9.82. The summed E-state index contributed by atoms with van der Waals surface area (Å²) in [6.07, 6.45) is 1.26. The van der Waals surface area contributed by atoms with E-state index in [0.29, 0.717) is 61.2 Å². The van der Waals surface area contributed by atoms with Crippen LogP contribution in [0.3, 0.4) is 0 Å². The van der Waals surface area contributed by atoms with Crippen molar-refractivity contribution in [2.24, 2.45) is 11.5 Å². The first-order valence-corrected chi connectivity index (χ1v) is 14.4. The van der Waals surface area contributed by atoms with Gasteiger partial charge in [0.2, 0.25) is 0 Å². The van der Waals surface area contributed by atoms with Crippen LogP contribution in [0.25, 0.3) is 21.5 Å². The van der Waals surface area contributed by atoms with Gasteiger partial charge in [0, 0.05) is 16.5 Å². The molecule has 0 unspecified atom stereocenters. The van der Waals surface area contributed by atoms with Crippen LogP contribution in [0.1, 0.15) is 33.6 Å². The molecule has 8 nitrogen and oxygen atoms in total. The van der Waals surface area contributed by atoms with Gasteiger partial charge in [0.05, 0.1) is 24.5 Å². The minimum Gasteiger partial charge on any atom is -0.493 e. The smallest absolute Gasteiger partial charge is 0.347 e. The van der Waals surface area contributed by atoms with Gasteiger partial charge in [0.25, 0.3) is 5.91 Å². The van der Waals surface area contributed by atoms with Crippen molar-refractivity contribution in [3.63, 3.8) is 0 Å². The summed E-state index contributed by atoms with van der Waals surface area (Å²) in [5.74, 6) is -0.196. The Bertz CT molecular complexity index is 1780. The predicted octanol–water partition coefficient (Wildman–Crippen LogP) is 7.42. The monoisotopic (exact) mass is 669 g/mol. The number of carbonyl (C=O) groups is 2. The van der Waals surface area contributed by atoms with Crippen LogP contribution in [0.4, 0.5) is 5.69 Å². The molecule has 0 aliphatic carbocycles. The molecule has 0 bridgehead atoms.